The number of rotatable bonds is 5. The smallest absolute Gasteiger partial charge is 0.148 e. The fourth-order valence-electron chi connectivity index (χ4n) is 3.67. The number of thiophene rings is 1. The minimum absolute atomic E-state index is 0.505. The summed E-state index contributed by atoms with van der Waals surface area (Å²) in [5.41, 5.74) is 2.11. The van der Waals surface area contributed by atoms with E-state index in [2.05, 4.69) is 46.2 Å². The molecule has 0 aromatic carbocycles. The minimum atomic E-state index is 0.505. The second-order valence-corrected chi connectivity index (χ2v) is 9.15. The number of fused-ring (bicyclic) bond motifs is 1. The van der Waals surface area contributed by atoms with Crippen molar-refractivity contribution in [3.63, 3.8) is 0 Å². The van der Waals surface area contributed by atoms with Crippen LogP contribution in [0.25, 0.3) is 10.2 Å². The largest absolute Gasteiger partial charge is 0.366 e. The zero-order valence-corrected chi connectivity index (χ0v) is 17.2. The van der Waals surface area contributed by atoms with E-state index in [4.69, 9.17) is 9.97 Å². The van der Waals surface area contributed by atoms with Gasteiger partial charge in [-0.05, 0) is 75.7 Å². The quantitative estimate of drug-likeness (QED) is 0.706. The highest BCUT2D eigenvalue weighted by atomic mass is 32.1. The number of aromatic nitrogens is 3. The molecule has 1 fully saturated rings. The number of anilines is 1. The Bertz CT molecular complexity index is 877. The zero-order valence-electron chi connectivity index (χ0n) is 15.5. The van der Waals surface area contributed by atoms with Crippen LogP contribution in [0.4, 0.5) is 5.82 Å². The SMILES string of the molecule is Cc1cc(Cc2nc(NC3CCC(N(C)C)CC3)c3sccc3n2)sn1. The Balaban J connectivity index is 1.53. The predicted molar refractivity (Wildman–Crippen MR) is 110 cm³/mol. The summed E-state index contributed by atoms with van der Waals surface area (Å²) in [6.45, 7) is 2.03. The molecule has 4 rings (SSSR count). The molecular formula is C19H25N5S2. The molecule has 1 aliphatic carbocycles. The fourth-order valence-corrected chi connectivity index (χ4v) is 5.19. The summed E-state index contributed by atoms with van der Waals surface area (Å²) >= 11 is 3.27. The van der Waals surface area contributed by atoms with Crippen molar-refractivity contribution in [1.82, 2.24) is 19.2 Å². The van der Waals surface area contributed by atoms with Crippen molar-refractivity contribution in [2.75, 3.05) is 19.4 Å². The molecule has 0 aliphatic heterocycles. The number of hydrogen-bond acceptors (Lipinski definition) is 7. The summed E-state index contributed by atoms with van der Waals surface area (Å²) in [5, 5.41) is 5.83. The van der Waals surface area contributed by atoms with Crippen LogP contribution < -0.4 is 5.32 Å². The normalized spacial score (nSPS) is 20.8. The maximum atomic E-state index is 4.88. The van der Waals surface area contributed by atoms with Gasteiger partial charge in [0.15, 0.2) is 0 Å². The Morgan fingerprint density at radius 1 is 1.19 bits per heavy atom. The van der Waals surface area contributed by atoms with Crippen LogP contribution >= 0.6 is 22.9 Å². The first-order valence-corrected chi connectivity index (χ1v) is 10.8. The van der Waals surface area contributed by atoms with E-state index < -0.39 is 0 Å². The average molecular weight is 388 g/mol. The second-order valence-electron chi connectivity index (χ2n) is 7.35. The van der Waals surface area contributed by atoms with E-state index in [9.17, 15) is 0 Å². The third-order valence-corrected chi connectivity index (χ3v) is 6.91. The molecule has 3 aromatic rings. The molecule has 3 heterocycles. The van der Waals surface area contributed by atoms with Gasteiger partial charge in [-0.3, -0.25) is 0 Å². The van der Waals surface area contributed by atoms with Gasteiger partial charge in [0.05, 0.1) is 15.9 Å². The molecule has 0 saturated heterocycles. The van der Waals surface area contributed by atoms with Crippen LogP contribution in [0.2, 0.25) is 0 Å². The molecule has 0 unspecified atom stereocenters. The van der Waals surface area contributed by atoms with Crippen LogP contribution in [0.1, 0.15) is 42.1 Å². The highest BCUT2D eigenvalue weighted by Gasteiger charge is 2.23. The van der Waals surface area contributed by atoms with Gasteiger partial charge in [0.2, 0.25) is 0 Å². The van der Waals surface area contributed by atoms with Crippen LogP contribution in [0.3, 0.4) is 0 Å². The van der Waals surface area contributed by atoms with Gasteiger partial charge in [-0.1, -0.05) is 0 Å². The molecule has 138 valence electrons. The zero-order chi connectivity index (χ0) is 18.1. The molecular weight excluding hydrogens is 362 g/mol. The van der Waals surface area contributed by atoms with Crippen LogP contribution in [0.5, 0.6) is 0 Å². The lowest BCUT2D eigenvalue weighted by Crippen LogP contribution is -2.36. The maximum Gasteiger partial charge on any atom is 0.148 e. The van der Waals surface area contributed by atoms with Crippen molar-refractivity contribution in [2.24, 2.45) is 0 Å². The first-order chi connectivity index (χ1) is 12.6. The number of nitrogens with one attached hydrogen (secondary N) is 1. The molecule has 0 amide bonds. The van der Waals surface area contributed by atoms with Gasteiger partial charge < -0.3 is 10.2 Å². The van der Waals surface area contributed by atoms with E-state index in [1.54, 1.807) is 22.9 Å². The lowest BCUT2D eigenvalue weighted by molar-refractivity contribution is 0.221. The summed E-state index contributed by atoms with van der Waals surface area (Å²) < 4.78 is 5.54. The van der Waals surface area contributed by atoms with Crippen LogP contribution in [0.15, 0.2) is 17.5 Å². The van der Waals surface area contributed by atoms with Crippen LogP contribution in [0, 0.1) is 6.92 Å². The minimum Gasteiger partial charge on any atom is -0.366 e. The van der Waals surface area contributed by atoms with Crippen molar-refractivity contribution >= 4 is 38.9 Å². The first-order valence-electron chi connectivity index (χ1n) is 9.18. The maximum absolute atomic E-state index is 4.88. The Hall–Kier alpha value is -1.57. The molecule has 1 N–H and O–H groups in total. The van der Waals surface area contributed by atoms with Crippen molar-refractivity contribution < 1.29 is 0 Å². The lowest BCUT2D eigenvalue weighted by Gasteiger charge is -2.33. The Morgan fingerprint density at radius 3 is 2.69 bits per heavy atom. The Labute approximate surface area is 162 Å². The van der Waals surface area contributed by atoms with E-state index >= 15 is 0 Å². The van der Waals surface area contributed by atoms with Gasteiger partial charge in [0.1, 0.15) is 11.6 Å². The van der Waals surface area contributed by atoms with Gasteiger partial charge in [-0.2, -0.15) is 4.37 Å². The average Bonchev–Trinajstić information content (AvgIpc) is 3.24. The third-order valence-electron chi connectivity index (χ3n) is 5.13. The van der Waals surface area contributed by atoms with Crippen molar-refractivity contribution in [3.8, 4) is 0 Å². The number of aryl methyl sites for hydroxylation is 1. The van der Waals surface area contributed by atoms with Gasteiger partial charge in [0.25, 0.3) is 0 Å². The molecule has 0 bridgehead atoms. The summed E-state index contributed by atoms with van der Waals surface area (Å²) in [7, 11) is 4.37. The van der Waals surface area contributed by atoms with E-state index in [0.717, 1.165) is 29.3 Å². The van der Waals surface area contributed by atoms with Gasteiger partial charge in [0, 0.05) is 23.4 Å². The van der Waals surface area contributed by atoms with Gasteiger partial charge in [-0.25, -0.2) is 9.97 Å². The molecule has 0 atom stereocenters. The predicted octanol–water partition coefficient (Wildman–Crippen LogP) is 4.33. The molecule has 0 spiro atoms. The van der Waals surface area contributed by atoms with Crippen molar-refractivity contribution in [2.45, 2.75) is 51.1 Å². The van der Waals surface area contributed by atoms with E-state index in [-0.39, 0.29) is 0 Å². The third kappa shape index (κ3) is 3.89. The first kappa shape index (κ1) is 17.8. The molecule has 1 aliphatic rings. The molecule has 3 aromatic heterocycles. The van der Waals surface area contributed by atoms with E-state index in [1.165, 1.54) is 35.3 Å². The molecule has 26 heavy (non-hydrogen) atoms. The fraction of sp³-hybridized carbons (Fsp3) is 0.526. The van der Waals surface area contributed by atoms with Crippen LogP contribution in [-0.2, 0) is 6.42 Å². The highest BCUT2D eigenvalue weighted by Crippen LogP contribution is 2.30. The second kappa shape index (κ2) is 7.58. The molecule has 1 saturated carbocycles. The molecule has 5 nitrogen and oxygen atoms in total. The highest BCUT2D eigenvalue weighted by molar-refractivity contribution is 7.17. The summed E-state index contributed by atoms with van der Waals surface area (Å²) in [5.74, 6) is 1.89. The number of hydrogen-bond donors (Lipinski definition) is 1. The Kier molecular flexibility index (Phi) is 5.20. The topological polar surface area (TPSA) is 53.9 Å². The van der Waals surface area contributed by atoms with Crippen molar-refractivity contribution in [1.29, 1.82) is 0 Å². The Morgan fingerprint density at radius 2 is 2.00 bits per heavy atom. The van der Waals surface area contributed by atoms with Crippen molar-refractivity contribution in [3.05, 3.63) is 33.9 Å². The summed E-state index contributed by atoms with van der Waals surface area (Å²) in [6, 6.07) is 5.44. The summed E-state index contributed by atoms with van der Waals surface area (Å²) in [6.07, 6.45) is 5.64. The standard InChI is InChI=1S/C19H25N5S2/c1-12-10-15(26-23-12)11-17-21-16-8-9-25-18(16)19(22-17)20-13-4-6-14(7-5-13)24(2)3/h8-10,13-14H,4-7,11H2,1-3H3,(H,20,21,22). The van der Waals surface area contributed by atoms with Crippen LogP contribution in [-0.4, -0.2) is 45.4 Å². The monoisotopic (exact) mass is 387 g/mol. The lowest BCUT2D eigenvalue weighted by atomic mass is 9.90. The summed E-state index contributed by atoms with van der Waals surface area (Å²) in [4.78, 5) is 13.2. The van der Waals surface area contributed by atoms with Gasteiger partial charge in [-0.15, -0.1) is 11.3 Å². The van der Waals surface area contributed by atoms with E-state index in [1.807, 2.05) is 6.92 Å². The number of nitrogens with zero attached hydrogens (tertiary/aromatic N) is 4. The molecule has 7 heteroatoms. The molecule has 0 radical (unpaired) electrons. The van der Waals surface area contributed by atoms with E-state index in [0.29, 0.717) is 12.1 Å². The van der Waals surface area contributed by atoms with Gasteiger partial charge >= 0.3 is 0 Å².